The fraction of sp³-hybridized carbons (Fsp3) is 0.875. The minimum Gasteiger partial charge on any atom is -1.00 e. The number of hydrogen-bond acceptors (Lipinski definition) is 1. The molecule has 0 rings (SSSR count). The third kappa shape index (κ3) is 6.32. The maximum Gasteiger partial charge on any atom is 0.313 e. The molecule has 0 spiro atoms. The Kier molecular flexibility index (Phi) is 6.82. The molecular weight excluding hydrogens is 162 g/mol. The molecule has 0 aliphatic heterocycles. The van der Waals surface area contributed by atoms with Crippen LogP contribution in [-0.2, 0) is 4.79 Å². The van der Waals surface area contributed by atoms with E-state index < -0.39 is 0 Å². The largest absolute Gasteiger partial charge is 1.00 e. The quantitative estimate of drug-likeness (QED) is 0.478. The van der Waals surface area contributed by atoms with E-state index >= 15 is 0 Å². The fourth-order valence-electron chi connectivity index (χ4n) is 0.663. The highest BCUT2D eigenvalue weighted by Gasteiger charge is 2.18. The molecule has 0 saturated carbocycles. The second-order valence-electron chi connectivity index (χ2n) is 3.51. The lowest BCUT2D eigenvalue weighted by Crippen LogP contribution is -3.00. The van der Waals surface area contributed by atoms with Crippen molar-refractivity contribution < 1.29 is 21.7 Å². The minimum absolute atomic E-state index is 0. The molecule has 0 aromatic heterocycles. The van der Waals surface area contributed by atoms with Gasteiger partial charge in [-0.15, -0.1) is 0 Å². The smallest absolute Gasteiger partial charge is 0.313 e. The van der Waals surface area contributed by atoms with Crippen LogP contribution in [0.15, 0.2) is 0 Å². The first-order chi connectivity index (χ1) is 4.48. The van der Waals surface area contributed by atoms with Crippen molar-refractivity contribution in [2.24, 2.45) is 0 Å². The lowest BCUT2D eigenvalue weighted by atomic mass is 10.2. The lowest BCUT2D eigenvalue weighted by molar-refractivity contribution is -0.792. The van der Waals surface area contributed by atoms with E-state index in [9.17, 15) is 4.79 Å². The maximum atomic E-state index is 11.2. The number of unbranched alkanes of at least 4 members (excludes halogenated alkanes) is 1. The van der Waals surface area contributed by atoms with Crippen molar-refractivity contribution in [2.75, 3.05) is 21.1 Å². The lowest BCUT2D eigenvalue weighted by Gasteiger charge is -2.20. The van der Waals surface area contributed by atoms with E-state index in [1.807, 2.05) is 21.1 Å². The molecule has 0 unspecified atom stereocenters. The van der Waals surface area contributed by atoms with Crippen LogP contribution in [0.1, 0.15) is 26.2 Å². The van der Waals surface area contributed by atoms with Crippen molar-refractivity contribution in [1.82, 2.24) is 0 Å². The summed E-state index contributed by atoms with van der Waals surface area (Å²) < 4.78 is 0.458. The van der Waals surface area contributed by atoms with Crippen LogP contribution < -0.4 is 12.4 Å². The Labute approximate surface area is 75.6 Å². The molecule has 0 fully saturated rings. The number of hydrogen-bond donors (Lipinski definition) is 0. The fourth-order valence-corrected chi connectivity index (χ4v) is 0.663. The van der Waals surface area contributed by atoms with E-state index in [0.717, 1.165) is 19.3 Å². The molecular formula is C8H18ClNO. The van der Waals surface area contributed by atoms with Gasteiger partial charge in [0.2, 0.25) is 0 Å². The zero-order chi connectivity index (χ0) is 8.20. The Bertz CT molecular complexity index is 118. The Balaban J connectivity index is 0. The number of rotatable bonds is 3. The predicted octanol–water partition coefficient (Wildman–Crippen LogP) is -1.59. The van der Waals surface area contributed by atoms with E-state index in [1.165, 1.54) is 0 Å². The summed E-state index contributed by atoms with van der Waals surface area (Å²) in [5.74, 6) is 0.321. The molecule has 3 heteroatoms. The van der Waals surface area contributed by atoms with E-state index in [-0.39, 0.29) is 12.4 Å². The molecule has 0 radical (unpaired) electrons. The highest BCUT2D eigenvalue weighted by atomic mass is 35.5. The number of nitrogens with zero attached hydrogens (tertiary/aromatic N) is 1. The van der Waals surface area contributed by atoms with E-state index in [2.05, 4.69) is 6.92 Å². The van der Waals surface area contributed by atoms with E-state index in [4.69, 9.17) is 0 Å². The van der Waals surface area contributed by atoms with Crippen molar-refractivity contribution in [3.05, 3.63) is 0 Å². The van der Waals surface area contributed by atoms with Crippen molar-refractivity contribution in [2.45, 2.75) is 26.2 Å². The Morgan fingerprint density at radius 3 is 2.00 bits per heavy atom. The van der Waals surface area contributed by atoms with Gasteiger partial charge in [-0.25, -0.2) is 4.79 Å². The Morgan fingerprint density at radius 1 is 1.27 bits per heavy atom. The van der Waals surface area contributed by atoms with Gasteiger partial charge in [-0.3, -0.25) is 4.48 Å². The van der Waals surface area contributed by atoms with E-state index in [0.29, 0.717) is 10.4 Å². The average Bonchev–Trinajstić information content (AvgIpc) is 1.80. The third-order valence-electron chi connectivity index (χ3n) is 1.49. The molecule has 0 aromatic rings. The van der Waals surface area contributed by atoms with Crippen LogP contribution in [0.5, 0.6) is 0 Å². The summed E-state index contributed by atoms with van der Waals surface area (Å²) in [5, 5.41) is 0. The summed E-state index contributed by atoms with van der Waals surface area (Å²) in [4.78, 5) is 11.2. The van der Waals surface area contributed by atoms with Crippen molar-refractivity contribution in [3.8, 4) is 0 Å². The van der Waals surface area contributed by atoms with Crippen LogP contribution >= 0.6 is 0 Å². The molecule has 68 valence electrons. The zero-order valence-electron chi connectivity index (χ0n) is 7.85. The summed E-state index contributed by atoms with van der Waals surface area (Å²) in [5.41, 5.74) is 0. The molecule has 11 heavy (non-hydrogen) atoms. The van der Waals surface area contributed by atoms with Gasteiger partial charge in [0.25, 0.3) is 0 Å². The highest BCUT2D eigenvalue weighted by Crippen LogP contribution is 2.01. The van der Waals surface area contributed by atoms with Crippen LogP contribution in [0.4, 0.5) is 0 Å². The molecule has 0 saturated heterocycles. The van der Waals surface area contributed by atoms with Gasteiger partial charge in [0, 0.05) is 0 Å². The first kappa shape index (κ1) is 13.5. The standard InChI is InChI=1S/C8H18NO.ClH/c1-5-6-7-8(10)9(2,3)4;/h5-7H2,1-4H3;1H/q+1;/p-1. The summed E-state index contributed by atoms with van der Waals surface area (Å²) >= 11 is 0. The van der Waals surface area contributed by atoms with Gasteiger partial charge in [-0.05, 0) is 6.42 Å². The van der Waals surface area contributed by atoms with Crippen LogP contribution in [0.2, 0.25) is 0 Å². The molecule has 0 N–H and O–H groups in total. The molecule has 0 aliphatic rings. The van der Waals surface area contributed by atoms with Crippen LogP contribution in [0.25, 0.3) is 0 Å². The molecule has 0 bridgehead atoms. The topological polar surface area (TPSA) is 17.1 Å². The van der Waals surface area contributed by atoms with E-state index in [1.54, 1.807) is 0 Å². The Hall–Kier alpha value is -0.0800. The maximum absolute atomic E-state index is 11.2. The SMILES string of the molecule is CCCCC(=O)[N+](C)(C)C.[Cl-]. The molecule has 0 aliphatic carbocycles. The van der Waals surface area contributed by atoms with Crippen molar-refractivity contribution >= 4 is 5.91 Å². The highest BCUT2D eigenvalue weighted by molar-refractivity contribution is 5.68. The van der Waals surface area contributed by atoms with Crippen molar-refractivity contribution in [1.29, 1.82) is 0 Å². The summed E-state index contributed by atoms with van der Waals surface area (Å²) in [6, 6.07) is 0. The molecule has 0 aromatic carbocycles. The van der Waals surface area contributed by atoms with Gasteiger partial charge in [-0.2, -0.15) is 0 Å². The number of halogens is 1. The number of carbonyl (C=O) groups excluding carboxylic acids is 1. The van der Waals surface area contributed by atoms with Gasteiger partial charge in [0.05, 0.1) is 27.6 Å². The molecule has 1 amide bonds. The number of quaternary nitrogens is 1. The zero-order valence-corrected chi connectivity index (χ0v) is 8.61. The van der Waals surface area contributed by atoms with Gasteiger partial charge in [0.15, 0.2) is 0 Å². The average molecular weight is 180 g/mol. The summed E-state index contributed by atoms with van der Waals surface area (Å²) in [6.45, 7) is 2.10. The van der Waals surface area contributed by atoms with Gasteiger partial charge in [0.1, 0.15) is 0 Å². The minimum atomic E-state index is 0. The molecule has 0 atom stereocenters. The number of carbonyl (C=O) groups is 1. The van der Waals surface area contributed by atoms with Gasteiger partial charge in [-0.1, -0.05) is 13.3 Å². The van der Waals surface area contributed by atoms with Crippen LogP contribution in [0.3, 0.4) is 0 Å². The van der Waals surface area contributed by atoms with Crippen LogP contribution in [-0.4, -0.2) is 31.5 Å². The second kappa shape index (κ2) is 5.56. The van der Waals surface area contributed by atoms with Gasteiger partial charge < -0.3 is 12.4 Å². The van der Waals surface area contributed by atoms with Gasteiger partial charge >= 0.3 is 5.91 Å². The third-order valence-corrected chi connectivity index (χ3v) is 1.49. The summed E-state index contributed by atoms with van der Waals surface area (Å²) in [6.07, 6.45) is 2.85. The normalized spacial score (nSPS) is 10.5. The Morgan fingerprint density at radius 2 is 1.73 bits per heavy atom. The first-order valence-electron chi connectivity index (χ1n) is 3.83. The molecule has 0 heterocycles. The second-order valence-corrected chi connectivity index (χ2v) is 3.51. The van der Waals surface area contributed by atoms with Crippen molar-refractivity contribution in [3.63, 3.8) is 0 Å². The first-order valence-corrected chi connectivity index (χ1v) is 3.83. The number of amides is 1. The molecule has 2 nitrogen and oxygen atoms in total. The predicted molar refractivity (Wildman–Crippen MR) is 42.6 cm³/mol. The summed E-state index contributed by atoms with van der Waals surface area (Å²) in [7, 11) is 5.74. The monoisotopic (exact) mass is 179 g/mol. The van der Waals surface area contributed by atoms with Crippen LogP contribution in [0, 0.1) is 0 Å².